The summed E-state index contributed by atoms with van der Waals surface area (Å²) >= 11 is 0. The molecule has 1 unspecified atom stereocenters. The fraction of sp³-hybridized carbons (Fsp3) is 0.381. The molecule has 1 heterocycles. The summed E-state index contributed by atoms with van der Waals surface area (Å²) in [6.07, 6.45) is 2.33. The normalized spacial score (nSPS) is 18.0. The summed E-state index contributed by atoms with van der Waals surface area (Å²) < 4.78 is 32.6. The molecule has 3 rings (SSSR count). The fourth-order valence-corrected chi connectivity index (χ4v) is 4.37. The smallest absolute Gasteiger partial charge is 0.251 e. The zero-order chi connectivity index (χ0) is 20.4. The van der Waals surface area contributed by atoms with Gasteiger partial charge in [0.2, 0.25) is 10.0 Å². The summed E-state index contributed by atoms with van der Waals surface area (Å²) in [6.45, 7) is 4.17. The van der Waals surface area contributed by atoms with Crippen LogP contribution in [-0.4, -0.2) is 27.0 Å². The van der Waals surface area contributed by atoms with Gasteiger partial charge < -0.3 is 10.1 Å². The number of para-hydroxylation sites is 1. The third-order valence-corrected chi connectivity index (χ3v) is 6.88. The number of carbonyl (C=O) groups excluding carboxylic acids is 1. The molecule has 1 atom stereocenters. The second kappa shape index (κ2) is 7.93. The lowest BCUT2D eigenvalue weighted by Gasteiger charge is -2.41. The van der Waals surface area contributed by atoms with E-state index in [4.69, 9.17) is 4.74 Å². The van der Waals surface area contributed by atoms with E-state index in [0.29, 0.717) is 12.0 Å². The van der Waals surface area contributed by atoms with Gasteiger partial charge in [-0.1, -0.05) is 38.1 Å². The van der Waals surface area contributed by atoms with E-state index in [-0.39, 0.29) is 22.4 Å². The van der Waals surface area contributed by atoms with Crippen LogP contribution in [0.4, 0.5) is 0 Å². The minimum absolute atomic E-state index is 0.0616. The highest BCUT2D eigenvalue weighted by Gasteiger charge is 2.39. The summed E-state index contributed by atoms with van der Waals surface area (Å²) in [5, 5.41) is 3.08. The number of sulfonamides is 1. The van der Waals surface area contributed by atoms with Gasteiger partial charge in [0.25, 0.3) is 5.91 Å². The van der Waals surface area contributed by atoms with Crippen molar-refractivity contribution in [3.63, 3.8) is 0 Å². The molecule has 2 aromatic rings. The first kappa shape index (κ1) is 20.4. The van der Waals surface area contributed by atoms with Crippen molar-refractivity contribution in [3.8, 4) is 5.75 Å². The van der Waals surface area contributed by atoms with Gasteiger partial charge in [-0.3, -0.25) is 4.79 Å². The summed E-state index contributed by atoms with van der Waals surface area (Å²) in [5.41, 5.74) is 0.912. The Kier molecular flexibility index (Phi) is 5.76. The molecule has 0 spiro atoms. The molecule has 0 aromatic heterocycles. The summed E-state index contributed by atoms with van der Waals surface area (Å²) in [4.78, 5) is 13.0. The van der Waals surface area contributed by atoms with E-state index in [9.17, 15) is 13.2 Å². The third kappa shape index (κ3) is 3.91. The van der Waals surface area contributed by atoms with Crippen molar-refractivity contribution in [2.75, 3.05) is 7.05 Å². The average Bonchev–Trinajstić information content (AvgIpc) is 2.73. The van der Waals surface area contributed by atoms with Gasteiger partial charge in [-0.25, -0.2) is 13.1 Å². The third-order valence-electron chi connectivity index (χ3n) is 5.47. The molecule has 6 nitrogen and oxygen atoms in total. The molecule has 0 fully saturated rings. The van der Waals surface area contributed by atoms with Crippen LogP contribution < -0.4 is 14.8 Å². The lowest BCUT2D eigenvalue weighted by atomic mass is 9.83. The quantitative estimate of drug-likeness (QED) is 0.776. The Bertz CT molecular complexity index is 968. The van der Waals surface area contributed by atoms with E-state index in [1.54, 1.807) is 12.1 Å². The first-order valence-electron chi connectivity index (χ1n) is 9.46. The van der Waals surface area contributed by atoms with Crippen LogP contribution in [0.15, 0.2) is 53.4 Å². The zero-order valence-corrected chi connectivity index (χ0v) is 17.2. The maximum Gasteiger partial charge on any atom is 0.251 e. The predicted molar refractivity (Wildman–Crippen MR) is 108 cm³/mol. The van der Waals surface area contributed by atoms with Crippen molar-refractivity contribution in [3.05, 3.63) is 59.7 Å². The molecule has 1 aliphatic rings. The van der Waals surface area contributed by atoms with Crippen LogP contribution in [0.1, 0.15) is 55.1 Å². The van der Waals surface area contributed by atoms with Crippen molar-refractivity contribution in [2.24, 2.45) is 0 Å². The maximum absolute atomic E-state index is 12.9. The number of amides is 1. The van der Waals surface area contributed by atoms with E-state index in [2.05, 4.69) is 23.9 Å². The average molecular weight is 403 g/mol. The van der Waals surface area contributed by atoms with Crippen molar-refractivity contribution < 1.29 is 17.9 Å². The first-order valence-corrected chi connectivity index (χ1v) is 10.9. The number of benzene rings is 2. The number of rotatable bonds is 6. The predicted octanol–water partition coefficient (Wildman–Crippen LogP) is 3.41. The lowest BCUT2D eigenvalue weighted by molar-refractivity contribution is 0.0227. The van der Waals surface area contributed by atoms with Crippen LogP contribution >= 0.6 is 0 Å². The number of fused-ring (bicyclic) bond motifs is 1. The molecule has 0 saturated heterocycles. The second-order valence-electron chi connectivity index (χ2n) is 7.00. The Morgan fingerprint density at radius 3 is 2.54 bits per heavy atom. The van der Waals surface area contributed by atoms with Gasteiger partial charge >= 0.3 is 0 Å². The molecular formula is C21H26N2O4S. The first-order chi connectivity index (χ1) is 13.3. The minimum Gasteiger partial charge on any atom is -0.487 e. The lowest BCUT2D eigenvalue weighted by Crippen LogP contribution is -2.44. The van der Waals surface area contributed by atoms with Crippen LogP contribution in [0.25, 0.3) is 0 Å². The molecule has 2 N–H and O–H groups in total. The maximum atomic E-state index is 12.9. The number of hydrogen-bond donors (Lipinski definition) is 2. The summed E-state index contributed by atoms with van der Waals surface area (Å²) in [5.74, 6) is 0.477. The van der Waals surface area contributed by atoms with Crippen molar-refractivity contribution in [2.45, 2.75) is 49.6 Å². The molecule has 0 radical (unpaired) electrons. The number of carbonyl (C=O) groups is 1. The monoisotopic (exact) mass is 402 g/mol. The van der Waals surface area contributed by atoms with Gasteiger partial charge in [-0.05, 0) is 44.2 Å². The Hall–Kier alpha value is -2.38. The summed E-state index contributed by atoms with van der Waals surface area (Å²) in [6, 6.07) is 13.6. The number of hydrogen-bond acceptors (Lipinski definition) is 4. The zero-order valence-electron chi connectivity index (χ0n) is 16.4. The van der Waals surface area contributed by atoms with Crippen LogP contribution in [0, 0.1) is 0 Å². The van der Waals surface area contributed by atoms with Crippen LogP contribution in [0.2, 0.25) is 0 Å². The topological polar surface area (TPSA) is 84.5 Å². The molecular weight excluding hydrogens is 376 g/mol. The standard InChI is InChI=1S/C21H26N2O4S/c1-4-21(5-2)14-18(17-11-6-7-12-19(17)27-21)23-20(24)15-9-8-10-16(13-15)28(25,26)22-3/h6-13,18,22H,4-5,14H2,1-3H3,(H,23,24). The van der Waals surface area contributed by atoms with E-state index in [0.717, 1.165) is 24.2 Å². The van der Waals surface area contributed by atoms with Gasteiger partial charge in [0.1, 0.15) is 11.4 Å². The van der Waals surface area contributed by atoms with Gasteiger partial charge in [0.05, 0.1) is 10.9 Å². The Morgan fingerprint density at radius 2 is 1.86 bits per heavy atom. The van der Waals surface area contributed by atoms with Gasteiger partial charge in [-0.15, -0.1) is 0 Å². The molecule has 150 valence electrons. The molecule has 28 heavy (non-hydrogen) atoms. The van der Waals surface area contributed by atoms with Crippen LogP contribution in [0.3, 0.4) is 0 Å². The minimum atomic E-state index is -3.61. The highest BCUT2D eigenvalue weighted by Crippen LogP contribution is 2.42. The van der Waals surface area contributed by atoms with E-state index in [1.165, 1.54) is 19.2 Å². The Morgan fingerprint density at radius 1 is 1.14 bits per heavy atom. The van der Waals surface area contributed by atoms with Gasteiger partial charge in [0, 0.05) is 17.5 Å². The molecule has 2 aromatic carbocycles. The number of ether oxygens (including phenoxy) is 1. The Balaban J connectivity index is 1.90. The highest BCUT2D eigenvalue weighted by molar-refractivity contribution is 7.89. The molecule has 0 aliphatic carbocycles. The molecule has 0 bridgehead atoms. The van der Waals surface area contributed by atoms with Crippen LogP contribution in [0.5, 0.6) is 5.75 Å². The van der Waals surface area contributed by atoms with Crippen molar-refractivity contribution in [1.82, 2.24) is 10.0 Å². The number of nitrogens with one attached hydrogen (secondary N) is 2. The van der Waals surface area contributed by atoms with Crippen molar-refractivity contribution >= 4 is 15.9 Å². The SMILES string of the molecule is CCC1(CC)CC(NC(=O)c2cccc(S(=O)(=O)NC)c2)c2ccccc2O1. The van der Waals surface area contributed by atoms with Gasteiger partial charge in [0.15, 0.2) is 0 Å². The highest BCUT2D eigenvalue weighted by atomic mass is 32.2. The Labute approximate surface area is 166 Å². The van der Waals surface area contributed by atoms with E-state index in [1.807, 2.05) is 24.3 Å². The van der Waals surface area contributed by atoms with E-state index >= 15 is 0 Å². The van der Waals surface area contributed by atoms with E-state index < -0.39 is 10.0 Å². The van der Waals surface area contributed by atoms with Crippen LogP contribution in [-0.2, 0) is 10.0 Å². The fourth-order valence-electron chi connectivity index (χ4n) is 3.59. The molecule has 7 heteroatoms. The van der Waals surface area contributed by atoms with Crippen molar-refractivity contribution in [1.29, 1.82) is 0 Å². The summed E-state index contributed by atoms with van der Waals surface area (Å²) in [7, 11) is -2.27. The largest absolute Gasteiger partial charge is 0.487 e. The van der Waals surface area contributed by atoms with Gasteiger partial charge in [-0.2, -0.15) is 0 Å². The molecule has 0 saturated carbocycles. The second-order valence-corrected chi connectivity index (χ2v) is 8.88. The molecule has 1 amide bonds. The molecule has 1 aliphatic heterocycles.